The van der Waals surface area contributed by atoms with Crippen molar-refractivity contribution in [2.75, 3.05) is 27.4 Å². The van der Waals surface area contributed by atoms with Crippen molar-refractivity contribution in [3.63, 3.8) is 0 Å². The summed E-state index contributed by atoms with van der Waals surface area (Å²) in [5, 5.41) is 6.33. The van der Waals surface area contributed by atoms with Gasteiger partial charge in [0, 0.05) is 13.7 Å². The number of amides is 2. The van der Waals surface area contributed by atoms with E-state index < -0.39 is 5.91 Å². The molecule has 7 nitrogen and oxygen atoms in total. The number of rotatable bonds is 8. The Labute approximate surface area is 123 Å². The van der Waals surface area contributed by atoms with E-state index in [1.54, 1.807) is 19.2 Å². The van der Waals surface area contributed by atoms with Crippen LogP contribution < -0.4 is 15.5 Å². The number of hydrogen-bond acceptors (Lipinski definition) is 5. The molecule has 0 unspecified atom stereocenters. The molecule has 2 N–H and O–H groups in total. The van der Waals surface area contributed by atoms with Gasteiger partial charge in [0.15, 0.2) is 0 Å². The maximum Gasteiger partial charge on any atom is 0.249 e. The summed E-state index contributed by atoms with van der Waals surface area (Å²) in [6.45, 7) is 0.775. The van der Waals surface area contributed by atoms with Gasteiger partial charge >= 0.3 is 0 Å². The summed E-state index contributed by atoms with van der Waals surface area (Å²) in [5.74, 6) is -0.159. The van der Waals surface area contributed by atoms with E-state index in [1.165, 1.54) is 13.3 Å². The molecular formula is C14H19N3O4. The molecule has 21 heavy (non-hydrogen) atoms. The first-order valence-corrected chi connectivity index (χ1v) is 6.37. The van der Waals surface area contributed by atoms with Crippen LogP contribution in [0.25, 0.3) is 0 Å². The summed E-state index contributed by atoms with van der Waals surface area (Å²) < 4.78 is 9.85. The first kappa shape index (κ1) is 16.6. The van der Waals surface area contributed by atoms with Gasteiger partial charge in [-0.05, 0) is 17.7 Å². The van der Waals surface area contributed by atoms with Gasteiger partial charge in [0.05, 0.1) is 19.9 Å². The van der Waals surface area contributed by atoms with Crippen LogP contribution in [-0.4, -0.2) is 45.4 Å². The molecule has 0 fully saturated rings. The average Bonchev–Trinajstić information content (AvgIpc) is 2.47. The number of ether oxygens (including phenoxy) is 2. The van der Waals surface area contributed by atoms with Crippen LogP contribution in [-0.2, 0) is 14.3 Å². The first-order valence-electron chi connectivity index (χ1n) is 6.37. The molecule has 0 aliphatic rings. The van der Waals surface area contributed by atoms with Gasteiger partial charge in [-0.3, -0.25) is 9.59 Å². The molecule has 0 spiro atoms. The molecule has 0 saturated heterocycles. The number of nitrogens with one attached hydrogen (secondary N) is 2. The second-order valence-electron chi connectivity index (χ2n) is 4.09. The Hall–Kier alpha value is -2.41. The van der Waals surface area contributed by atoms with Crippen LogP contribution >= 0.6 is 0 Å². The smallest absolute Gasteiger partial charge is 0.249 e. The third kappa shape index (κ3) is 7.07. The van der Waals surface area contributed by atoms with Crippen molar-refractivity contribution in [2.45, 2.75) is 6.42 Å². The Bertz CT molecular complexity index is 503. The van der Waals surface area contributed by atoms with Gasteiger partial charge < -0.3 is 14.8 Å². The molecule has 0 aliphatic heterocycles. The van der Waals surface area contributed by atoms with Crippen LogP contribution in [0.4, 0.5) is 0 Å². The molecule has 1 rings (SSSR count). The number of hydrazone groups is 1. The highest BCUT2D eigenvalue weighted by Crippen LogP contribution is 2.10. The Morgan fingerprint density at radius 1 is 1.29 bits per heavy atom. The van der Waals surface area contributed by atoms with E-state index >= 15 is 0 Å². The summed E-state index contributed by atoms with van der Waals surface area (Å²) in [6.07, 6.45) is 1.20. The van der Waals surface area contributed by atoms with E-state index in [0.29, 0.717) is 18.9 Å². The maximum absolute atomic E-state index is 11.5. The van der Waals surface area contributed by atoms with Gasteiger partial charge in [-0.2, -0.15) is 5.10 Å². The lowest BCUT2D eigenvalue weighted by Crippen LogP contribution is -2.31. The maximum atomic E-state index is 11.5. The standard InChI is InChI=1S/C14H19N3O4/c1-20-7-6-15-13(18)9-14(19)17-16-10-11-4-3-5-12(8-11)21-2/h3-5,8,10H,6-7,9H2,1-2H3,(H,15,18)(H,17,19)/b16-10-. The Morgan fingerprint density at radius 2 is 2.10 bits per heavy atom. The summed E-state index contributed by atoms with van der Waals surface area (Å²) >= 11 is 0. The van der Waals surface area contributed by atoms with Crippen molar-refractivity contribution in [2.24, 2.45) is 5.10 Å². The number of hydrogen-bond donors (Lipinski definition) is 2. The van der Waals surface area contributed by atoms with E-state index in [0.717, 1.165) is 5.56 Å². The summed E-state index contributed by atoms with van der Waals surface area (Å²) in [4.78, 5) is 22.8. The minimum absolute atomic E-state index is 0.279. The van der Waals surface area contributed by atoms with Crippen molar-refractivity contribution in [3.05, 3.63) is 29.8 Å². The third-order valence-electron chi connectivity index (χ3n) is 2.45. The van der Waals surface area contributed by atoms with Crippen LogP contribution in [0.5, 0.6) is 5.75 Å². The summed E-state index contributed by atoms with van der Waals surface area (Å²) in [5.41, 5.74) is 3.06. The van der Waals surface area contributed by atoms with Crippen LogP contribution in [0.2, 0.25) is 0 Å². The molecule has 1 aromatic rings. The molecular weight excluding hydrogens is 274 g/mol. The SMILES string of the molecule is COCCNC(=O)CC(=O)N/N=C\c1cccc(OC)c1. The van der Waals surface area contributed by atoms with Gasteiger partial charge in [-0.15, -0.1) is 0 Å². The normalized spacial score (nSPS) is 10.4. The average molecular weight is 293 g/mol. The minimum atomic E-state index is -0.482. The van der Waals surface area contributed by atoms with Crippen molar-refractivity contribution in [3.8, 4) is 5.75 Å². The molecule has 0 aliphatic carbocycles. The van der Waals surface area contributed by atoms with Gasteiger partial charge in [0.25, 0.3) is 0 Å². The number of benzene rings is 1. The lowest BCUT2D eigenvalue weighted by molar-refractivity contribution is -0.129. The lowest BCUT2D eigenvalue weighted by Gasteiger charge is -2.03. The predicted octanol–water partition coefficient (Wildman–Crippen LogP) is 0.298. The van der Waals surface area contributed by atoms with Crippen molar-refractivity contribution >= 4 is 18.0 Å². The van der Waals surface area contributed by atoms with Gasteiger partial charge in [-0.1, -0.05) is 12.1 Å². The van der Waals surface area contributed by atoms with Crippen LogP contribution in [0.3, 0.4) is 0 Å². The molecule has 0 saturated carbocycles. The van der Waals surface area contributed by atoms with Crippen molar-refractivity contribution in [1.82, 2.24) is 10.7 Å². The monoisotopic (exact) mass is 293 g/mol. The number of methoxy groups -OCH3 is 2. The highest BCUT2D eigenvalue weighted by Gasteiger charge is 2.07. The van der Waals surface area contributed by atoms with Crippen molar-refractivity contribution in [1.29, 1.82) is 0 Å². The Kier molecular flexibility index (Phi) is 7.52. The second kappa shape index (κ2) is 9.49. The topological polar surface area (TPSA) is 89.0 Å². The first-order chi connectivity index (χ1) is 10.2. The van der Waals surface area contributed by atoms with Gasteiger partial charge in [0.1, 0.15) is 12.2 Å². The molecule has 0 radical (unpaired) electrons. The van der Waals surface area contributed by atoms with E-state index in [-0.39, 0.29) is 12.3 Å². The molecule has 0 aromatic heterocycles. The fraction of sp³-hybridized carbons (Fsp3) is 0.357. The van der Waals surface area contributed by atoms with E-state index in [4.69, 9.17) is 9.47 Å². The van der Waals surface area contributed by atoms with E-state index in [2.05, 4.69) is 15.8 Å². The fourth-order valence-electron chi connectivity index (χ4n) is 1.44. The molecule has 0 heterocycles. The fourth-order valence-corrected chi connectivity index (χ4v) is 1.44. The zero-order valence-corrected chi connectivity index (χ0v) is 12.1. The Morgan fingerprint density at radius 3 is 2.81 bits per heavy atom. The zero-order valence-electron chi connectivity index (χ0n) is 12.1. The van der Waals surface area contributed by atoms with Gasteiger partial charge in [0.2, 0.25) is 11.8 Å². The van der Waals surface area contributed by atoms with Crippen LogP contribution in [0.15, 0.2) is 29.4 Å². The zero-order chi connectivity index (χ0) is 15.5. The highest BCUT2D eigenvalue weighted by atomic mass is 16.5. The van der Waals surface area contributed by atoms with Crippen molar-refractivity contribution < 1.29 is 19.1 Å². The predicted molar refractivity (Wildman–Crippen MR) is 78.2 cm³/mol. The lowest BCUT2D eigenvalue weighted by atomic mass is 10.2. The molecule has 0 bridgehead atoms. The molecule has 0 atom stereocenters. The molecule has 7 heteroatoms. The summed E-state index contributed by atoms with van der Waals surface area (Å²) in [6, 6.07) is 7.20. The van der Waals surface area contributed by atoms with E-state index in [9.17, 15) is 9.59 Å². The minimum Gasteiger partial charge on any atom is -0.497 e. The third-order valence-corrected chi connectivity index (χ3v) is 2.45. The van der Waals surface area contributed by atoms with Crippen LogP contribution in [0, 0.1) is 0 Å². The van der Waals surface area contributed by atoms with Gasteiger partial charge in [-0.25, -0.2) is 5.43 Å². The molecule has 114 valence electrons. The Balaban J connectivity index is 2.34. The number of carbonyl (C=O) groups excluding carboxylic acids is 2. The second-order valence-corrected chi connectivity index (χ2v) is 4.09. The molecule has 1 aromatic carbocycles. The molecule has 2 amide bonds. The summed E-state index contributed by atoms with van der Waals surface area (Å²) in [7, 11) is 3.10. The van der Waals surface area contributed by atoms with E-state index in [1.807, 2.05) is 12.1 Å². The van der Waals surface area contributed by atoms with Crippen LogP contribution in [0.1, 0.15) is 12.0 Å². The number of carbonyl (C=O) groups is 2. The number of nitrogens with zero attached hydrogens (tertiary/aromatic N) is 1. The quantitative estimate of drug-likeness (QED) is 0.312. The largest absolute Gasteiger partial charge is 0.497 e. The highest BCUT2D eigenvalue weighted by molar-refractivity contribution is 5.97.